The largest absolute Gasteiger partial charge is 0.0575 e. The van der Waals surface area contributed by atoms with Crippen molar-refractivity contribution in [2.75, 3.05) is 0 Å². The molecule has 13 rings (SSSR count). The van der Waals surface area contributed by atoms with Crippen LogP contribution in [-0.2, 0) is 18.3 Å². The van der Waals surface area contributed by atoms with E-state index in [1.165, 1.54) is 48.3 Å². The standard InChI is InChI=1S/C36H20/c1-2-8-36-13-19-11-15-5-4-14-9-17-12-18-10-16-6-7-20(21(36)3-1)28-24(16)30-26(18)25(17)29-22(14)23(15)31-27(19)35(36)34(28)33(30)32(29)31/h4-7,9-11,21H,1-3,8,12-13H2. The lowest BCUT2D eigenvalue weighted by Crippen LogP contribution is -2.38. The molecule has 4 aliphatic rings. The van der Waals surface area contributed by atoms with Crippen LogP contribution in [0.15, 0.2) is 42.5 Å². The fourth-order valence-electron chi connectivity index (χ4n) is 11.2. The monoisotopic (exact) mass is 452 g/mol. The van der Waals surface area contributed by atoms with Gasteiger partial charge in [-0.25, -0.2) is 0 Å². The molecule has 9 aromatic rings. The minimum Gasteiger partial charge on any atom is -0.0575 e. The minimum absolute atomic E-state index is 0.313. The summed E-state index contributed by atoms with van der Waals surface area (Å²) in [6.45, 7) is 0. The number of hydrogen-bond donors (Lipinski definition) is 0. The van der Waals surface area contributed by atoms with Crippen LogP contribution in [0, 0.1) is 0 Å². The van der Waals surface area contributed by atoms with Crippen LogP contribution >= 0.6 is 0 Å². The highest BCUT2D eigenvalue weighted by Crippen LogP contribution is 2.69. The maximum Gasteiger partial charge on any atom is 0.00750 e. The van der Waals surface area contributed by atoms with Crippen LogP contribution in [0.25, 0.3) is 86.2 Å². The summed E-state index contributed by atoms with van der Waals surface area (Å²) in [5, 5.41) is 25.7. The Morgan fingerprint density at radius 2 is 1.14 bits per heavy atom. The highest BCUT2D eigenvalue weighted by atomic mass is 14.6. The summed E-state index contributed by atoms with van der Waals surface area (Å²) in [7, 11) is 0. The second-order valence-corrected chi connectivity index (χ2v) is 13.1. The summed E-state index contributed by atoms with van der Waals surface area (Å²) in [4.78, 5) is 0. The molecule has 0 radical (unpaired) electrons. The smallest absolute Gasteiger partial charge is 0.00750 e. The van der Waals surface area contributed by atoms with Gasteiger partial charge in [0.15, 0.2) is 0 Å². The van der Waals surface area contributed by atoms with E-state index in [0.717, 1.165) is 6.42 Å². The first-order valence-corrected chi connectivity index (χ1v) is 14.1. The molecule has 9 aromatic carbocycles. The highest BCUT2D eigenvalue weighted by molar-refractivity contribution is 6.56. The van der Waals surface area contributed by atoms with Crippen LogP contribution in [0.3, 0.4) is 0 Å². The van der Waals surface area contributed by atoms with Gasteiger partial charge in [0.25, 0.3) is 0 Å². The van der Waals surface area contributed by atoms with Crippen LogP contribution in [0.2, 0.25) is 0 Å². The minimum atomic E-state index is 0.313. The van der Waals surface area contributed by atoms with Gasteiger partial charge in [0, 0.05) is 5.41 Å². The van der Waals surface area contributed by atoms with Crippen LogP contribution in [-0.4, -0.2) is 0 Å². The first-order valence-electron chi connectivity index (χ1n) is 14.1. The molecule has 2 atom stereocenters. The van der Waals surface area contributed by atoms with Gasteiger partial charge in [-0.2, -0.15) is 0 Å². The molecule has 0 aromatic heterocycles. The fraction of sp³-hybridized carbons (Fsp3) is 0.222. The number of hydrogen-bond acceptors (Lipinski definition) is 0. The molecule has 0 saturated heterocycles. The first-order chi connectivity index (χ1) is 17.8. The lowest BCUT2D eigenvalue weighted by Gasteiger charge is -2.46. The Morgan fingerprint density at radius 3 is 1.92 bits per heavy atom. The van der Waals surface area contributed by atoms with E-state index in [0.29, 0.717) is 11.3 Å². The Kier molecular flexibility index (Phi) is 1.96. The van der Waals surface area contributed by atoms with Gasteiger partial charge in [-0.15, -0.1) is 0 Å². The molecule has 164 valence electrons. The van der Waals surface area contributed by atoms with Crippen LogP contribution < -0.4 is 0 Å². The van der Waals surface area contributed by atoms with Crippen molar-refractivity contribution >= 4 is 86.2 Å². The Balaban J connectivity index is 1.56. The van der Waals surface area contributed by atoms with Crippen molar-refractivity contribution in [2.24, 2.45) is 0 Å². The van der Waals surface area contributed by atoms with E-state index in [-0.39, 0.29) is 0 Å². The Bertz CT molecular complexity index is 2520. The van der Waals surface area contributed by atoms with E-state index in [9.17, 15) is 0 Å². The zero-order chi connectivity index (χ0) is 22.4. The summed E-state index contributed by atoms with van der Waals surface area (Å²) in [5.74, 6) is 0.682. The molecule has 2 unspecified atom stereocenters. The van der Waals surface area contributed by atoms with Crippen molar-refractivity contribution in [3.05, 3.63) is 70.3 Å². The van der Waals surface area contributed by atoms with Gasteiger partial charge < -0.3 is 0 Å². The Morgan fingerprint density at radius 1 is 0.528 bits per heavy atom. The lowest BCUT2D eigenvalue weighted by atomic mass is 9.57. The average Bonchev–Trinajstić information content (AvgIpc) is 3.62. The molecule has 0 aliphatic heterocycles. The van der Waals surface area contributed by atoms with Gasteiger partial charge in [-0.3, -0.25) is 0 Å². The molecule has 0 nitrogen and oxygen atoms in total. The third-order valence-electron chi connectivity index (χ3n) is 12.0. The lowest BCUT2D eigenvalue weighted by molar-refractivity contribution is 0.254. The molecule has 1 fully saturated rings. The van der Waals surface area contributed by atoms with Crippen molar-refractivity contribution in [1.82, 2.24) is 0 Å². The van der Waals surface area contributed by atoms with E-state index in [4.69, 9.17) is 0 Å². The van der Waals surface area contributed by atoms with Gasteiger partial charge in [0.2, 0.25) is 0 Å². The fourth-order valence-corrected chi connectivity index (χ4v) is 11.2. The highest BCUT2D eigenvalue weighted by Gasteiger charge is 2.53. The van der Waals surface area contributed by atoms with Gasteiger partial charge in [-0.1, -0.05) is 55.3 Å². The zero-order valence-electron chi connectivity index (χ0n) is 19.9. The van der Waals surface area contributed by atoms with Crippen LogP contribution in [0.5, 0.6) is 0 Å². The third kappa shape index (κ3) is 1.21. The summed E-state index contributed by atoms with van der Waals surface area (Å²) in [6, 6.07) is 17.7. The molecule has 0 bridgehead atoms. The third-order valence-corrected chi connectivity index (χ3v) is 12.0. The molecule has 0 heteroatoms. The number of benzene rings is 7. The van der Waals surface area contributed by atoms with E-state index >= 15 is 0 Å². The predicted octanol–water partition coefficient (Wildman–Crippen LogP) is 9.47. The van der Waals surface area contributed by atoms with Gasteiger partial charge in [0.05, 0.1) is 0 Å². The zero-order valence-corrected chi connectivity index (χ0v) is 19.9. The SMILES string of the molecule is c1cc2cc3c4c5c(cc6ccc7cc8c9c%10c%11c(c1C1CCCCC%101C8)c2c4c%11c1c9c7c6c51)C3. The molecule has 0 N–H and O–H groups in total. The van der Waals surface area contributed by atoms with Crippen molar-refractivity contribution in [1.29, 1.82) is 0 Å². The predicted molar refractivity (Wildman–Crippen MR) is 152 cm³/mol. The molecular weight excluding hydrogens is 432 g/mol. The maximum atomic E-state index is 2.63. The van der Waals surface area contributed by atoms with E-state index in [1.54, 1.807) is 97.8 Å². The van der Waals surface area contributed by atoms with Gasteiger partial charge >= 0.3 is 0 Å². The van der Waals surface area contributed by atoms with Gasteiger partial charge in [0.1, 0.15) is 0 Å². The normalized spacial score (nSPS) is 24.4. The van der Waals surface area contributed by atoms with E-state index < -0.39 is 0 Å². The molecule has 0 amide bonds. The second-order valence-electron chi connectivity index (χ2n) is 13.1. The van der Waals surface area contributed by atoms with Crippen LogP contribution in [0.4, 0.5) is 0 Å². The van der Waals surface area contributed by atoms with Crippen molar-refractivity contribution < 1.29 is 0 Å². The Labute approximate surface area is 206 Å². The summed E-state index contributed by atoms with van der Waals surface area (Å²) in [6.07, 6.45) is 7.86. The first kappa shape index (κ1) is 16.2. The average molecular weight is 453 g/mol. The molecule has 0 heterocycles. The topological polar surface area (TPSA) is 0 Å². The molecule has 36 heavy (non-hydrogen) atoms. The second kappa shape index (κ2) is 4.37. The molecular formula is C36H20. The molecule has 1 saturated carbocycles. The maximum absolute atomic E-state index is 2.63. The summed E-state index contributed by atoms with van der Waals surface area (Å²) in [5.41, 5.74) is 8.62. The number of fused-ring (bicyclic) bond motifs is 1. The van der Waals surface area contributed by atoms with Crippen LogP contribution in [0.1, 0.15) is 59.4 Å². The van der Waals surface area contributed by atoms with E-state index in [1.807, 2.05) is 0 Å². The molecule has 4 aliphatic carbocycles. The summed E-state index contributed by atoms with van der Waals surface area (Å²) >= 11 is 0. The van der Waals surface area contributed by atoms with E-state index in [2.05, 4.69) is 42.5 Å². The Hall–Kier alpha value is -3.64. The molecule has 1 spiro atoms. The number of rotatable bonds is 0. The van der Waals surface area contributed by atoms with Gasteiger partial charge in [-0.05, 0) is 146 Å². The quantitative estimate of drug-likeness (QED) is 0.201. The summed E-state index contributed by atoms with van der Waals surface area (Å²) < 4.78 is 0. The van der Waals surface area contributed by atoms with Crippen molar-refractivity contribution in [3.8, 4) is 0 Å². The van der Waals surface area contributed by atoms with Crippen molar-refractivity contribution in [2.45, 2.75) is 49.9 Å². The van der Waals surface area contributed by atoms with Crippen molar-refractivity contribution in [3.63, 3.8) is 0 Å².